The van der Waals surface area contributed by atoms with Crippen LogP contribution in [0.15, 0.2) is 29.4 Å². The number of aryl methyl sites for hydroxylation is 1. The Morgan fingerprint density at radius 3 is 2.78 bits per heavy atom. The number of carbonyl (C=O) groups is 1. The van der Waals surface area contributed by atoms with Crippen molar-refractivity contribution in [2.24, 2.45) is 5.10 Å². The van der Waals surface area contributed by atoms with Gasteiger partial charge in [-0.1, -0.05) is 29.8 Å². The molecule has 2 rings (SSSR count). The van der Waals surface area contributed by atoms with E-state index in [2.05, 4.69) is 26.7 Å². The average molecular weight is 247 g/mol. The molecule has 2 atom stereocenters. The standard InChI is InChI=1S/C12H17N5O/c1-8-3-5-10(6-4-8)7-13-16-11-9(2)15-17-12(18)14-11/h3-7,9,11,15-16H,1-2H3,(H2,14,17,18)/b13-7+. The molecule has 1 aromatic carbocycles. The van der Waals surface area contributed by atoms with E-state index in [9.17, 15) is 4.79 Å². The van der Waals surface area contributed by atoms with Crippen LogP contribution >= 0.6 is 0 Å². The summed E-state index contributed by atoms with van der Waals surface area (Å²) in [6.07, 6.45) is 1.49. The zero-order valence-electron chi connectivity index (χ0n) is 10.4. The maximum absolute atomic E-state index is 11.1. The van der Waals surface area contributed by atoms with Gasteiger partial charge in [-0.25, -0.2) is 10.2 Å². The molecular formula is C12H17N5O. The van der Waals surface area contributed by atoms with E-state index in [1.54, 1.807) is 6.21 Å². The number of hydrogen-bond donors (Lipinski definition) is 4. The first-order valence-electron chi connectivity index (χ1n) is 5.82. The van der Waals surface area contributed by atoms with Crippen molar-refractivity contribution >= 4 is 12.2 Å². The number of carbonyl (C=O) groups excluding carboxylic acids is 1. The van der Waals surface area contributed by atoms with E-state index in [1.165, 1.54) is 5.56 Å². The maximum atomic E-state index is 11.1. The Hall–Kier alpha value is -2.08. The molecule has 1 aromatic rings. The monoisotopic (exact) mass is 247 g/mol. The van der Waals surface area contributed by atoms with Gasteiger partial charge in [-0.2, -0.15) is 5.10 Å². The van der Waals surface area contributed by atoms with Gasteiger partial charge in [-0.05, 0) is 19.4 Å². The van der Waals surface area contributed by atoms with Gasteiger partial charge >= 0.3 is 6.03 Å². The summed E-state index contributed by atoms with van der Waals surface area (Å²) in [6.45, 7) is 3.97. The number of benzene rings is 1. The number of amides is 2. The van der Waals surface area contributed by atoms with Crippen LogP contribution in [0.5, 0.6) is 0 Å². The smallest absolute Gasteiger partial charge is 0.314 e. The molecule has 2 amide bonds. The Morgan fingerprint density at radius 1 is 1.33 bits per heavy atom. The number of rotatable bonds is 3. The van der Waals surface area contributed by atoms with Crippen LogP contribution in [0.4, 0.5) is 4.79 Å². The quantitative estimate of drug-likeness (QED) is 0.462. The molecule has 1 fully saturated rings. The molecule has 0 radical (unpaired) electrons. The first-order valence-corrected chi connectivity index (χ1v) is 5.82. The third-order valence-corrected chi connectivity index (χ3v) is 2.70. The number of hydrazine groups is 1. The lowest BCUT2D eigenvalue weighted by Crippen LogP contribution is -2.67. The molecule has 6 nitrogen and oxygen atoms in total. The van der Waals surface area contributed by atoms with Crippen LogP contribution in [0.3, 0.4) is 0 Å². The van der Waals surface area contributed by atoms with E-state index in [1.807, 2.05) is 38.1 Å². The van der Waals surface area contributed by atoms with Crippen molar-refractivity contribution < 1.29 is 4.79 Å². The summed E-state index contributed by atoms with van der Waals surface area (Å²) in [7, 11) is 0. The van der Waals surface area contributed by atoms with Gasteiger partial charge in [-0.15, -0.1) is 0 Å². The Labute approximate surface area is 106 Å². The van der Waals surface area contributed by atoms with E-state index in [0.717, 1.165) is 5.56 Å². The molecule has 0 bridgehead atoms. The summed E-state index contributed by atoms with van der Waals surface area (Å²) < 4.78 is 0. The second-order valence-electron chi connectivity index (χ2n) is 4.31. The summed E-state index contributed by atoms with van der Waals surface area (Å²) >= 11 is 0. The molecule has 0 spiro atoms. The van der Waals surface area contributed by atoms with E-state index in [4.69, 9.17) is 0 Å². The third kappa shape index (κ3) is 3.21. The number of nitrogens with zero attached hydrogens (tertiary/aromatic N) is 1. The minimum absolute atomic E-state index is 0.0397. The van der Waals surface area contributed by atoms with Crippen molar-refractivity contribution in [3.63, 3.8) is 0 Å². The summed E-state index contributed by atoms with van der Waals surface area (Å²) in [5.74, 6) is 0. The summed E-state index contributed by atoms with van der Waals surface area (Å²) in [4.78, 5) is 11.1. The molecule has 0 aromatic heterocycles. The number of nitrogens with one attached hydrogen (secondary N) is 4. The third-order valence-electron chi connectivity index (χ3n) is 2.70. The number of urea groups is 1. The predicted octanol–water partition coefficient (Wildman–Crippen LogP) is 0.451. The highest BCUT2D eigenvalue weighted by molar-refractivity contribution is 5.79. The van der Waals surface area contributed by atoms with Crippen LogP contribution in [-0.2, 0) is 0 Å². The first-order chi connectivity index (χ1) is 8.65. The molecule has 1 aliphatic rings. The number of hydrazone groups is 1. The second kappa shape index (κ2) is 5.50. The lowest BCUT2D eigenvalue weighted by Gasteiger charge is -2.30. The van der Waals surface area contributed by atoms with E-state index < -0.39 is 0 Å². The zero-order chi connectivity index (χ0) is 13.0. The van der Waals surface area contributed by atoms with Crippen LogP contribution in [0.25, 0.3) is 0 Å². The highest BCUT2D eigenvalue weighted by Crippen LogP contribution is 2.00. The molecule has 6 heteroatoms. The average Bonchev–Trinajstić information content (AvgIpc) is 2.36. The number of hydrogen-bond acceptors (Lipinski definition) is 4. The van der Waals surface area contributed by atoms with Crippen LogP contribution in [0.2, 0.25) is 0 Å². The van der Waals surface area contributed by atoms with Gasteiger partial charge in [-0.3, -0.25) is 10.9 Å². The summed E-state index contributed by atoms with van der Waals surface area (Å²) in [5.41, 5.74) is 10.4. The topological polar surface area (TPSA) is 77.5 Å². The minimum atomic E-state index is -0.267. The molecule has 1 saturated heterocycles. The van der Waals surface area contributed by atoms with Gasteiger partial charge in [0.25, 0.3) is 0 Å². The molecule has 2 unspecified atom stereocenters. The van der Waals surface area contributed by atoms with Crippen molar-refractivity contribution in [1.82, 2.24) is 21.6 Å². The van der Waals surface area contributed by atoms with Gasteiger partial charge in [0.2, 0.25) is 0 Å². The molecule has 1 aliphatic heterocycles. The van der Waals surface area contributed by atoms with Crippen LogP contribution in [0, 0.1) is 6.92 Å². The zero-order valence-corrected chi connectivity index (χ0v) is 10.4. The first kappa shape index (κ1) is 12.4. The van der Waals surface area contributed by atoms with Gasteiger partial charge in [0.05, 0.1) is 12.3 Å². The fourth-order valence-electron chi connectivity index (χ4n) is 1.55. The van der Waals surface area contributed by atoms with E-state index >= 15 is 0 Å². The van der Waals surface area contributed by atoms with Crippen LogP contribution in [-0.4, -0.2) is 24.5 Å². The highest BCUT2D eigenvalue weighted by Gasteiger charge is 2.23. The molecule has 96 valence electrons. The van der Waals surface area contributed by atoms with Crippen molar-refractivity contribution in [2.75, 3.05) is 0 Å². The van der Waals surface area contributed by atoms with Crippen molar-refractivity contribution in [1.29, 1.82) is 0 Å². The molecular weight excluding hydrogens is 230 g/mol. The van der Waals surface area contributed by atoms with Crippen molar-refractivity contribution in [2.45, 2.75) is 26.1 Å². The Balaban J connectivity index is 1.90. The lowest BCUT2D eigenvalue weighted by molar-refractivity contribution is 0.202. The molecule has 0 aliphatic carbocycles. The molecule has 0 saturated carbocycles. The van der Waals surface area contributed by atoms with Gasteiger partial charge in [0.15, 0.2) is 0 Å². The fraction of sp³-hybridized carbons (Fsp3) is 0.333. The van der Waals surface area contributed by atoms with Crippen LogP contribution in [0.1, 0.15) is 18.1 Å². The van der Waals surface area contributed by atoms with E-state index in [-0.39, 0.29) is 18.2 Å². The highest BCUT2D eigenvalue weighted by atomic mass is 16.2. The lowest BCUT2D eigenvalue weighted by atomic mass is 10.2. The van der Waals surface area contributed by atoms with Gasteiger partial charge in [0.1, 0.15) is 6.17 Å². The largest absolute Gasteiger partial charge is 0.330 e. The molecule has 1 heterocycles. The molecule has 18 heavy (non-hydrogen) atoms. The second-order valence-corrected chi connectivity index (χ2v) is 4.31. The molecule has 4 N–H and O–H groups in total. The SMILES string of the molecule is Cc1ccc(/C=N/NC2NC(=O)NNC2C)cc1. The van der Waals surface area contributed by atoms with Gasteiger partial charge < -0.3 is 5.32 Å². The fourth-order valence-corrected chi connectivity index (χ4v) is 1.55. The maximum Gasteiger partial charge on any atom is 0.330 e. The Kier molecular flexibility index (Phi) is 3.78. The Bertz CT molecular complexity index is 442. The predicted molar refractivity (Wildman–Crippen MR) is 70.0 cm³/mol. The summed E-state index contributed by atoms with van der Waals surface area (Å²) in [5, 5.41) is 6.85. The minimum Gasteiger partial charge on any atom is -0.314 e. The van der Waals surface area contributed by atoms with E-state index in [0.29, 0.717) is 0 Å². The van der Waals surface area contributed by atoms with Crippen LogP contribution < -0.4 is 21.6 Å². The summed E-state index contributed by atoms with van der Waals surface area (Å²) in [6, 6.07) is 7.80. The van der Waals surface area contributed by atoms with Crippen molar-refractivity contribution in [3.8, 4) is 0 Å². The van der Waals surface area contributed by atoms with Crippen molar-refractivity contribution in [3.05, 3.63) is 35.4 Å². The van der Waals surface area contributed by atoms with Gasteiger partial charge in [0, 0.05) is 0 Å². The Morgan fingerprint density at radius 2 is 2.06 bits per heavy atom. The normalized spacial score (nSPS) is 23.6.